The average Bonchev–Trinajstić information content (AvgIpc) is 2.54. The van der Waals surface area contributed by atoms with Crippen LogP contribution < -0.4 is 15.8 Å². The fourth-order valence-corrected chi connectivity index (χ4v) is 1.82. The lowest BCUT2D eigenvalue weighted by Crippen LogP contribution is -2.45. The highest BCUT2D eigenvalue weighted by Gasteiger charge is 2.09. The van der Waals surface area contributed by atoms with E-state index in [1.165, 1.54) is 0 Å². The molecule has 21 heavy (non-hydrogen) atoms. The molecule has 2 aromatic rings. The van der Waals surface area contributed by atoms with E-state index in [1.807, 2.05) is 43.4 Å². The summed E-state index contributed by atoms with van der Waals surface area (Å²) in [5.74, 6) is -0.628. The van der Waals surface area contributed by atoms with Crippen LogP contribution in [0.1, 0.15) is 10.4 Å². The van der Waals surface area contributed by atoms with Crippen LogP contribution in [0.2, 0.25) is 0 Å². The molecule has 2 amide bonds. The molecule has 108 valence electrons. The molecular formula is C16H17N3O2. The van der Waals surface area contributed by atoms with Crippen LogP contribution in [0.25, 0.3) is 0 Å². The fraction of sp³-hybridized carbons (Fsp3) is 0.125. The van der Waals surface area contributed by atoms with Gasteiger partial charge in [-0.05, 0) is 24.3 Å². The maximum absolute atomic E-state index is 11.8. The van der Waals surface area contributed by atoms with Gasteiger partial charge in [-0.2, -0.15) is 0 Å². The summed E-state index contributed by atoms with van der Waals surface area (Å²) in [5, 5.41) is 0. The van der Waals surface area contributed by atoms with Gasteiger partial charge in [0.05, 0.1) is 6.54 Å². The van der Waals surface area contributed by atoms with E-state index in [9.17, 15) is 9.59 Å². The van der Waals surface area contributed by atoms with E-state index in [0.717, 1.165) is 5.69 Å². The fourth-order valence-electron chi connectivity index (χ4n) is 1.82. The normalized spacial score (nSPS) is 9.76. The first-order valence-electron chi connectivity index (χ1n) is 6.57. The van der Waals surface area contributed by atoms with Crippen molar-refractivity contribution in [1.29, 1.82) is 0 Å². The molecule has 0 unspecified atom stereocenters. The monoisotopic (exact) mass is 283 g/mol. The number of hydrogen-bond donors (Lipinski definition) is 2. The van der Waals surface area contributed by atoms with Crippen molar-refractivity contribution in [2.24, 2.45) is 0 Å². The van der Waals surface area contributed by atoms with E-state index in [0.29, 0.717) is 5.56 Å². The molecule has 0 bridgehead atoms. The Morgan fingerprint density at radius 3 is 2.10 bits per heavy atom. The van der Waals surface area contributed by atoms with Crippen molar-refractivity contribution in [2.45, 2.75) is 0 Å². The molecule has 0 spiro atoms. The third-order valence-corrected chi connectivity index (χ3v) is 2.93. The van der Waals surface area contributed by atoms with Crippen molar-refractivity contribution in [3.63, 3.8) is 0 Å². The summed E-state index contributed by atoms with van der Waals surface area (Å²) in [6.45, 7) is 0.152. The molecule has 0 heterocycles. The van der Waals surface area contributed by atoms with E-state index < -0.39 is 0 Å². The number of carbonyl (C=O) groups excluding carboxylic acids is 2. The lowest BCUT2D eigenvalue weighted by atomic mass is 10.2. The minimum absolute atomic E-state index is 0.152. The van der Waals surface area contributed by atoms with Crippen LogP contribution in [0.15, 0.2) is 60.7 Å². The number of carbonyl (C=O) groups is 2. The Labute approximate surface area is 123 Å². The summed E-state index contributed by atoms with van der Waals surface area (Å²) in [4.78, 5) is 25.4. The number of amides is 2. The lowest BCUT2D eigenvalue weighted by Gasteiger charge is -2.18. The smallest absolute Gasteiger partial charge is 0.269 e. The van der Waals surface area contributed by atoms with Gasteiger partial charge in [0.15, 0.2) is 0 Å². The van der Waals surface area contributed by atoms with E-state index in [1.54, 1.807) is 29.2 Å². The highest BCUT2D eigenvalue weighted by atomic mass is 16.2. The average molecular weight is 283 g/mol. The van der Waals surface area contributed by atoms with Crippen LogP contribution in [-0.2, 0) is 4.79 Å². The Kier molecular flexibility index (Phi) is 4.93. The van der Waals surface area contributed by atoms with Gasteiger partial charge in [0.2, 0.25) is 0 Å². The highest BCUT2D eigenvalue weighted by Crippen LogP contribution is 2.09. The SMILES string of the molecule is CN(CC(=O)NNC(=O)c1ccccc1)c1ccccc1. The Morgan fingerprint density at radius 1 is 0.905 bits per heavy atom. The lowest BCUT2D eigenvalue weighted by molar-refractivity contribution is -0.120. The second kappa shape index (κ2) is 7.09. The molecule has 0 fully saturated rings. The number of rotatable bonds is 4. The van der Waals surface area contributed by atoms with Crippen LogP contribution >= 0.6 is 0 Å². The molecule has 5 nitrogen and oxygen atoms in total. The Hall–Kier alpha value is -2.82. The maximum atomic E-state index is 11.8. The minimum atomic E-state index is -0.341. The number of nitrogens with one attached hydrogen (secondary N) is 2. The molecule has 2 aromatic carbocycles. The molecule has 2 N–H and O–H groups in total. The minimum Gasteiger partial charge on any atom is -0.365 e. The van der Waals surface area contributed by atoms with Crippen LogP contribution in [-0.4, -0.2) is 25.4 Å². The molecule has 0 saturated carbocycles. The number of hydrazine groups is 1. The summed E-state index contributed by atoms with van der Waals surface area (Å²) in [5.41, 5.74) is 6.22. The van der Waals surface area contributed by atoms with Crippen molar-refractivity contribution in [3.05, 3.63) is 66.2 Å². The zero-order valence-electron chi connectivity index (χ0n) is 11.7. The van der Waals surface area contributed by atoms with E-state index >= 15 is 0 Å². The second-order valence-corrected chi connectivity index (χ2v) is 4.56. The zero-order valence-corrected chi connectivity index (χ0v) is 11.7. The molecule has 0 atom stereocenters. The molecule has 0 saturated heterocycles. The maximum Gasteiger partial charge on any atom is 0.269 e. The molecule has 0 aromatic heterocycles. The third kappa shape index (κ3) is 4.35. The molecule has 5 heteroatoms. The summed E-state index contributed by atoms with van der Waals surface area (Å²) < 4.78 is 0. The summed E-state index contributed by atoms with van der Waals surface area (Å²) in [6.07, 6.45) is 0. The van der Waals surface area contributed by atoms with Crippen molar-refractivity contribution in [2.75, 3.05) is 18.5 Å². The van der Waals surface area contributed by atoms with Crippen LogP contribution in [0.3, 0.4) is 0 Å². The Bertz CT molecular complexity index is 599. The number of para-hydroxylation sites is 1. The molecule has 0 aliphatic heterocycles. The molecular weight excluding hydrogens is 266 g/mol. The highest BCUT2D eigenvalue weighted by molar-refractivity contribution is 5.95. The van der Waals surface area contributed by atoms with Crippen molar-refractivity contribution in [3.8, 4) is 0 Å². The number of nitrogens with zero attached hydrogens (tertiary/aromatic N) is 1. The quantitative estimate of drug-likeness (QED) is 0.838. The van der Waals surface area contributed by atoms with Gasteiger partial charge in [-0.25, -0.2) is 0 Å². The standard InChI is InChI=1S/C16H17N3O2/c1-19(14-10-6-3-7-11-14)12-15(20)17-18-16(21)13-8-4-2-5-9-13/h2-11H,12H2,1H3,(H,17,20)(H,18,21). The van der Waals surface area contributed by atoms with Gasteiger partial charge in [-0.1, -0.05) is 36.4 Å². The number of benzene rings is 2. The van der Waals surface area contributed by atoms with Crippen molar-refractivity contribution in [1.82, 2.24) is 10.9 Å². The van der Waals surface area contributed by atoms with E-state index in [-0.39, 0.29) is 18.4 Å². The summed E-state index contributed by atoms with van der Waals surface area (Å²) >= 11 is 0. The first kappa shape index (κ1) is 14.6. The van der Waals surface area contributed by atoms with Crippen molar-refractivity contribution < 1.29 is 9.59 Å². The van der Waals surface area contributed by atoms with Crippen LogP contribution in [0.5, 0.6) is 0 Å². The summed E-state index contributed by atoms with van der Waals surface area (Å²) in [6, 6.07) is 18.3. The second-order valence-electron chi connectivity index (χ2n) is 4.56. The Morgan fingerprint density at radius 2 is 1.48 bits per heavy atom. The van der Waals surface area contributed by atoms with E-state index in [2.05, 4.69) is 10.9 Å². The third-order valence-electron chi connectivity index (χ3n) is 2.93. The van der Waals surface area contributed by atoms with Crippen molar-refractivity contribution >= 4 is 17.5 Å². The first-order valence-corrected chi connectivity index (χ1v) is 6.57. The van der Waals surface area contributed by atoms with Gasteiger partial charge in [0.25, 0.3) is 11.8 Å². The van der Waals surface area contributed by atoms with Gasteiger partial charge < -0.3 is 4.90 Å². The van der Waals surface area contributed by atoms with Crippen LogP contribution in [0, 0.1) is 0 Å². The molecule has 0 radical (unpaired) electrons. The van der Waals surface area contributed by atoms with Gasteiger partial charge in [0, 0.05) is 18.3 Å². The number of likely N-dealkylation sites (N-methyl/N-ethyl adjacent to an activating group) is 1. The topological polar surface area (TPSA) is 61.4 Å². The molecule has 2 rings (SSSR count). The van der Waals surface area contributed by atoms with Gasteiger partial charge >= 0.3 is 0 Å². The largest absolute Gasteiger partial charge is 0.365 e. The van der Waals surface area contributed by atoms with Crippen LogP contribution in [0.4, 0.5) is 5.69 Å². The Balaban J connectivity index is 1.81. The van der Waals surface area contributed by atoms with Gasteiger partial charge in [-0.15, -0.1) is 0 Å². The number of hydrogen-bond acceptors (Lipinski definition) is 3. The molecule has 0 aliphatic carbocycles. The van der Waals surface area contributed by atoms with Gasteiger partial charge in [-0.3, -0.25) is 20.4 Å². The molecule has 0 aliphatic rings. The first-order chi connectivity index (χ1) is 10.2. The number of anilines is 1. The predicted molar refractivity (Wildman–Crippen MR) is 81.8 cm³/mol. The van der Waals surface area contributed by atoms with Gasteiger partial charge in [0.1, 0.15) is 0 Å². The summed E-state index contributed by atoms with van der Waals surface area (Å²) in [7, 11) is 1.81. The zero-order chi connectivity index (χ0) is 15.1. The predicted octanol–water partition coefficient (Wildman–Crippen LogP) is 1.58. The van der Waals surface area contributed by atoms with E-state index in [4.69, 9.17) is 0 Å².